The van der Waals surface area contributed by atoms with E-state index in [4.69, 9.17) is 14.2 Å². The van der Waals surface area contributed by atoms with Gasteiger partial charge in [0.15, 0.2) is 5.79 Å². The smallest absolute Gasteiger partial charge is 0.164 e. The Kier molecular flexibility index (Phi) is 3.14. The molecule has 1 aromatic carbocycles. The quantitative estimate of drug-likeness (QED) is 0.843. The third-order valence-corrected chi connectivity index (χ3v) is 3.77. The highest BCUT2D eigenvalue weighted by molar-refractivity contribution is 5.21. The van der Waals surface area contributed by atoms with E-state index in [-0.39, 0.29) is 24.4 Å². The van der Waals surface area contributed by atoms with Crippen LogP contribution < -0.4 is 0 Å². The van der Waals surface area contributed by atoms with E-state index in [1.54, 1.807) is 0 Å². The molecule has 0 radical (unpaired) electrons. The van der Waals surface area contributed by atoms with Gasteiger partial charge in [0.1, 0.15) is 24.4 Å². The number of fused-ring (bicyclic) bond motifs is 1. The van der Waals surface area contributed by atoms with Crippen LogP contribution >= 0.6 is 0 Å². The van der Waals surface area contributed by atoms with E-state index >= 15 is 0 Å². The third-order valence-electron chi connectivity index (χ3n) is 3.77. The van der Waals surface area contributed by atoms with Gasteiger partial charge in [-0.15, -0.1) is 0 Å². The molecule has 0 spiro atoms. The first kappa shape index (κ1) is 13.1. The molecular formula is C15H20O4. The summed E-state index contributed by atoms with van der Waals surface area (Å²) >= 11 is 0. The monoisotopic (exact) mass is 264 g/mol. The standard InChI is InChI=1S/C15H20O4/c1-9-11(16)13-14(19-15(2,3)18-13)12(17-9)10-7-5-4-6-8-10/h4-9,11-14,16H,1-3H3/t9-,11+,12+,13-,14+/m0/s1. The Morgan fingerprint density at radius 3 is 2.37 bits per heavy atom. The van der Waals surface area contributed by atoms with Crippen LogP contribution in [0.25, 0.3) is 0 Å². The van der Waals surface area contributed by atoms with Gasteiger partial charge in [-0.3, -0.25) is 0 Å². The second kappa shape index (κ2) is 4.56. The van der Waals surface area contributed by atoms with Crippen LogP contribution in [-0.2, 0) is 14.2 Å². The van der Waals surface area contributed by atoms with Gasteiger partial charge >= 0.3 is 0 Å². The van der Waals surface area contributed by atoms with Crippen molar-refractivity contribution in [3.05, 3.63) is 35.9 Å². The molecule has 1 N–H and O–H groups in total. The van der Waals surface area contributed by atoms with Gasteiger partial charge in [-0.05, 0) is 26.3 Å². The Morgan fingerprint density at radius 2 is 1.68 bits per heavy atom. The van der Waals surface area contributed by atoms with Crippen molar-refractivity contribution in [3.8, 4) is 0 Å². The van der Waals surface area contributed by atoms with Crippen LogP contribution in [0.5, 0.6) is 0 Å². The minimum atomic E-state index is -0.684. The minimum Gasteiger partial charge on any atom is -0.388 e. The summed E-state index contributed by atoms with van der Waals surface area (Å²) in [6, 6.07) is 9.95. The zero-order chi connectivity index (χ0) is 13.6. The molecule has 2 fully saturated rings. The highest BCUT2D eigenvalue weighted by Crippen LogP contribution is 2.43. The van der Waals surface area contributed by atoms with Crippen LogP contribution in [0.2, 0.25) is 0 Å². The molecule has 1 aromatic rings. The highest BCUT2D eigenvalue weighted by Gasteiger charge is 2.54. The first-order valence-corrected chi connectivity index (χ1v) is 6.72. The number of hydrogen-bond acceptors (Lipinski definition) is 4. The van der Waals surface area contributed by atoms with Crippen LogP contribution in [0, 0.1) is 0 Å². The summed E-state index contributed by atoms with van der Waals surface area (Å²) < 4.78 is 17.7. The predicted molar refractivity (Wildman–Crippen MR) is 69.6 cm³/mol. The van der Waals surface area contributed by atoms with Gasteiger partial charge < -0.3 is 19.3 Å². The van der Waals surface area contributed by atoms with Crippen LogP contribution in [-0.4, -0.2) is 35.3 Å². The van der Waals surface area contributed by atoms with Crippen LogP contribution in [0.4, 0.5) is 0 Å². The van der Waals surface area contributed by atoms with E-state index < -0.39 is 11.9 Å². The maximum Gasteiger partial charge on any atom is 0.164 e. The van der Waals surface area contributed by atoms with Gasteiger partial charge in [0.25, 0.3) is 0 Å². The number of rotatable bonds is 1. The summed E-state index contributed by atoms with van der Waals surface area (Å²) in [6.07, 6.45) is -1.75. The van der Waals surface area contributed by atoms with Crippen molar-refractivity contribution < 1.29 is 19.3 Å². The fourth-order valence-electron chi connectivity index (χ4n) is 2.88. The van der Waals surface area contributed by atoms with Crippen LogP contribution in [0.15, 0.2) is 30.3 Å². The molecule has 4 heteroatoms. The lowest BCUT2D eigenvalue weighted by molar-refractivity contribution is -0.183. The van der Waals surface area contributed by atoms with E-state index in [0.29, 0.717) is 0 Å². The Bertz CT molecular complexity index is 445. The molecule has 104 valence electrons. The van der Waals surface area contributed by atoms with Gasteiger partial charge in [0, 0.05) is 0 Å². The molecule has 19 heavy (non-hydrogen) atoms. The zero-order valence-corrected chi connectivity index (χ0v) is 11.4. The largest absolute Gasteiger partial charge is 0.388 e. The Morgan fingerprint density at radius 1 is 1.05 bits per heavy atom. The molecule has 0 aliphatic carbocycles. The molecule has 2 saturated heterocycles. The summed E-state index contributed by atoms with van der Waals surface area (Å²) in [5.74, 6) is -0.684. The lowest BCUT2D eigenvalue weighted by Crippen LogP contribution is -2.51. The van der Waals surface area contributed by atoms with Gasteiger partial charge in [-0.1, -0.05) is 30.3 Å². The molecule has 0 saturated carbocycles. The molecular weight excluding hydrogens is 244 g/mol. The van der Waals surface area contributed by atoms with Gasteiger partial charge in [0.2, 0.25) is 0 Å². The molecule has 4 nitrogen and oxygen atoms in total. The molecule has 0 amide bonds. The lowest BCUT2D eigenvalue weighted by Gasteiger charge is -2.39. The SMILES string of the molecule is C[C@@H]1O[C@H](c2ccccc2)[C@H]2OC(C)(C)O[C@H]2[C@@H]1O. The molecule has 3 rings (SSSR count). The third kappa shape index (κ3) is 2.30. The zero-order valence-electron chi connectivity index (χ0n) is 11.4. The van der Waals surface area contributed by atoms with Gasteiger partial charge in [0.05, 0.1) is 6.10 Å². The topological polar surface area (TPSA) is 47.9 Å². The fourth-order valence-corrected chi connectivity index (χ4v) is 2.88. The fraction of sp³-hybridized carbons (Fsp3) is 0.600. The first-order chi connectivity index (χ1) is 8.98. The maximum atomic E-state index is 10.2. The van der Waals surface area contributed by atoms with Gasteiger partial charge in [-0.2, -0.15) is 0 Å². The highest BCUT2D eigenvalue weighted by atomic mass is 16.8. The molecule has 5 atom stereocenters. The van der Waals surface area contributed by atoms with E-state index in [1.807, 2.05) is 51.1 Å². The predicted octanol–water partition coefficient (Wildman–Crippen LogP) is 2.03. The number of benzene rings is 1. The molecule has 0 unspecified atom stereocenters. The van der Waals surface area contributed by atoms with Crippen LogP contribution in [0.3, 0.4) is 0 Å². The van der Waals surface area contributed by atoms with Crippen molar-refractivity contribution in [2.75, 3.05) is 0 Å². The van der Waals surface area contributed by atoms with Crippen molar-refractivity contribution in [1.29, 1.82) is 0 Å². The maximum absolute atomic E-state index is 10.2. The number of aliphatic hydroxyl groups is 1. The van der Waals surface area contributed by atoms with Gasteiger partial charge in [-0.25, -0.2) is 0 Å². The number of hydrogen-bond donors (Lipinski definition) is 1. The van der Waals surface area contributed by atoms with E-state index in [2.05, 4.69) is 0 Å². The minimum absolute atomic E-state index is 0.202. The average molecular weight is 264 g/mol. The molecule has 0 aromatic heterocycles. The summed E-state index contributed by atoms with van der Waals surface area (Å²) in [6.45, 7) is 5.60. The number of aliphatic hydroxyl groups excluding tert-OH is 1. The van der Waals surface area contributed by atoms with Crippen LogP contribution in [0.1, 0.15) is 32.4 Å². The Balaban J connectivity index is 1.93. The molecule has 2 heterocycles. The normalized spacial score (nSPS) is 40.9. The summed E-state index contributed by atoms with van der Waals surface area (Å²) in [4.78, 5) is 0. The second-order valence-electron chi connectivity index (χ2n) is 5.73. The summed E-state index contributed by atoms with van der Waals surface area (Å²) in [5.41, 5.74) is 1.05. The van der Waals surface area contributed by atoms with E-state index in [0.717, 1.165) is 5.56 Å². The van der Waals surface area contributed by atoms with Crippen molar-refractivity contribution in [3.63, 3.8) is 0 Å². The lowest BCUT2D eigenvalue weighted by atomic mass is 9.92. The second-order valence-corrected chi connectivity index (χ2v) is 5.73. The molecule has 2 aliphatic heterocycles. The summed E-state index contributed by atoms with van der Waals surface area (Å²) in [7, 11) is 0. The first-order valence-electron chi connectivity index (χ1n) is 6.72. The van der Waals surface area contributed by atoms with E-state index in [9.17, 15) is 5.11 Å². The van der Waals surface area contributed by atoms with Crippen molar-refractivity contribution in [2.45, 2.75) is 57.1 Å². The number of ether oxygens (including phenoxy) is 3. The average Bonchev–Trinajstić information content (AvgIpc) is 2.71. The summed E-state index contributed by atoms with van der Waals surface area (Å²) in [5, 5.41) is 10.2. The van der Waals surface area contributed by atoms with E-state index in [1.165, 1.54) is 0 Å². The Labute approximate surface area is 113 Å². The van der Waals surface area contributed by atoms with Crippen molar-refractivity contribution in [2.24, 2.45) is 0 Å². The van der Waals surface area contributed by atoms with Crippen molar-refractivity contribution >= 4 is 0 Å². The Hall–Kier alpha value is -0.940. The molecule has 2 aliphatic rings. The van der Waals surface area contributed by atoms with Crippen molar-refractivity contribution in [1.82, 2.24) is 0 Å². The molecule has 0 bridgehead atoms.